The maximum Gasteiger partial charge on any atom is 0.0672 e. The van der Waals surface area contributed by atoms with Gasteiger partial charge in [-0.25, -0.2) is 0 Å². The van der Waals surface area contributed by atoms with Crippen LogP contribution < -0.4 is 0 Å². The predicted octanol–water partition coefficient (Wildman–Crippen LogP) is 5.42. The van der Waals surface area contributed by atoms with E-state index < -0.39 is 7.26 Å². The fraction of sp³-hybridized carbons (Fsp3) is 1.00. The molecule has 0 nitrogen and oxygen atoms in total. The highest BCUT2D eigenvalue weighted by Crippen LogP contribution is 2.72. The maximum absolute atomic E-state index is 2.51. The molecule has 0 bridgehead atoms. The highest BCUT2D eigenvalue weighted by atomic mass is 31.2. The molecule has 0 saturated heterocycles. The summed E-state index contributed by atoms with van der Waals surface area (Å²) in [5.41, 5.74) is 2.90. The van der Waals surface area contributed by atoms with Crippen molar-refractivity contribution in [1.82, 2.24) is 0 Å². The summed E-state index contributed by atoms with van der Waals surface area (Å²) >= 11 is 0. The maximum atomic E-state index is 2.51. The monoisotopic (exact) mass is 231 g/mol. The molecule has 0 aliphatic heterocycles. The normalized spacial score (nSPS) is 21.8. The quantitative estimate of drug-likeness (QED) is 0.513. The summed E-state index contributed by atoms with van der Waals surface area (Å²) in [5, 5.41) is 0. The number of hydrogen-bond donors (Lipinski definition) is 0. The third-order valence-corrected chi connectivity index (χ3v) is 11.9. The lowest BCUT2D eigenvalue weighted by atomic mass is 10.3. The SMILES string of the molecule is CCC(C)[P+](CC)(C(C)CC)C(C)CC. The first kappa shape index (κ1) is 15.4. The highest BCUT2D eigenvalue weighted by molar-refractivity contribution is 7.77. The van der Waals surface area contributed by atoms with Crippen molar-refractivity contribution >= 4 is 7.26 Å². The van der Waals surface area contributed by atoms with Gasteiger partial charge in [-0.15, -0.1) is 0 Å². The summed E-state index contributed by atoms with van der Waals surface area (Å²) in [4.78, 5) is 0. The van der Waals surface area contributed by atoms with Crippen LogP contribution in [0.5, 0.6) is 0 Å². The van der Waals surface area contributed by atoms with Gasteiger partial charge in [0.15, 0.2) is 0 Å². The van der Waals surface area contributed by atoms with E-state index in [2.05, 4.69) is 48.5 Å². The van der Waals surface area contributed by atoms with Crippen molar-refractivity contribution in [2.75, 3.05) is 6.16 Å². The molecule has 0 fully saturated rings. The van der Waals surface area contributed by atoms with Gasteiger partial charge >= 0.3 is 0 Å². The second-order valence-electron chi connectivity index (χ2n) is 5.08. The average Bonchev–Trinajstić information content (AvgIpc) is 2.29. The fourth-order valence-electron chi connectivity index (χ4n) is 3.26. The van der Waals surface area contributed by atoms with Crippen LogP contribution in [0, 0.1) is 0 Å². The van der Waals surface area contributed by atoms with Crippen LogP contribution in [0.2, 0.25) is 0 Å². The van der Waals surface area contributed by atoms with Crippen molar-refractivity contribution in [2.24, 2.45) is 0 Å². The Balaban J connectivity index is 5.09. The summed E-state index contributed by atoms with van der Waals surface area (Å²) in [6, 6.07) is 0. The van der Waals surface area contributed by atoms with Crippen LogP contribution in [0.3, 0.4) is 0 Å². The molecule has 1 heteroatoms. The Morgan fingerprint density at radius 2 is 0.933 bits per heavy atom. The van der Waals surface area contributed by atoms with Gasteiger partial charge in [0.05, 0.1) is 23.1 Å². The first-order valence-electron chi connectivity index (χ1n) is 6.88. The molecule has 0 aromatic carbocycles. The lowest BCUT2D eigenvalue weighted by molar-refractivity contribution is 0.758. The van der Waals surface area contributed by atoms with E-state index in [0.29, 0.717) is 0 Å². The lowest BCUT2D eigenvalue weighted by Crippen LogP contribution is -2.29. The number of rotatable bonds is 7. The molecule has 3 unspecified atom stereocenters. The van der Waals surface area contributed by atoms with Gasteiger partial charge in [-0.3, -0.25) is 0 Å². The molecule has 0 aliphatic carbocycles. The van der Waals surface area contributed by atoms with Gasteiger partial charge in [0.25, 0.3) is 0 Å². The molecule has 0 aromatic rings. The van der Waals surface area contributed by atoms with Gasteiger partial charge in [-0.2, -0.15) is 0 Å². The van der Waals surface area contributed by atoms with E-state index in [9.17, 15) is 0 Å². The summed E-state index contributed by atoms with van der Waals surface area (Å²) < 4.78 is 0. The van der Waals surface area contributed by atoms with Gasteiger partial charge < -0.3 is 0 Å². The van der Waals surface area contributed by atoms with Gasteiger partial charge in [0.2, 0.25) is 0 Å². The Morgan fingerprint density at radius 1 is 0.667 bits per heavy atom. The Bertz CT molecular complexity index is 138. The number of hydrogen-bond acceptors (Lipinski definition) is 0. The Morgan fingerprint density at radius 3 is 1.07 bits per heavy atom. The zero-order chi connectivity index (χ0) is 12.1. The van der Waals surface area contributed by atoms with E-state index in [1.807, 2.05) is 0 Å². The molecule has 0 aromatic heterocycles. The van der Waals surface area contributed by atoms with Gasteiger partial charge in [0, 0.05) is 7.26 Å². The molecular weight excluding hydrogens is 199 g/mol. The second-order valence-corrected chi connectivity index (χ2v) is 10.3. The third kappa shape index (κ3) is 2.96. The van der Waals surface area contributed by atoms with Crippen molar-refractivity contribution in [3.05, 3.63) is 0 Å². The average molecular weight is 231 g/mol. The molecule has 0 saturated carbocycles. The van der Waals surface area contributed by atoms with Gasteiger partial charge in [0.1, 0.15) is 0 Å². The van der Waals surface area contributed by atoms with E-state index in [4.69, 9.17) is 0 Å². The Hall–Kier alpha value is 0.430. The zero-order valence-corrected chi connectivity index (χ0v) is 12.9. The molecule has 0 N–H and O–H groups in total. The minimum absolute atomic E-state index is 0.750. The van der Waals surface area contributed by atoms with Gasteiger partial charge in [-0.05, 0) is 47.0 Å². The second kappa shape index (κ2) is 6.89. The van der Waals surface area contributed by atoms with E-state index >= 15 is 0 Å². The van der Waals surface area contributed by atoms with Crippen molar-refractivity contribution in [3.8, 4) is 0 Å². The summed E-state index contributed by atoms with van der Waals surface area (Å²) in [7, 11) is -0.750. The predicted molar refractivity (Wildman–Crippen MR) is 76.7 cm³/mol. The first-order chi connectivity index (χ1) is 7.00. The van der Waals surface area contributed by atoms with Crippen LogP contribution >= 0.6 is 7.26 Å². The molecular formula is C14H32P+. The molecule has 0 amide bonds. The summed E-state index contributed by atoms with van der Waals surface area (Å²) in [6.45, 7) is 17.1. The molecule has 0 spiro atoms. The highest BCUT2D eigenvalue weighted by Gasteiger charge is 2.48. The van der Waals surface area contributed by atoms with E-state index in [1.54, 1.807) is 0 Å². The minimum atomic E-state index is -0.750. The minimum Gasteiger partial charge on any atom is -0.0617 e. The van der Waals surface area contributed by atoms with Crippen LogP contribution in [0.1, 0.15) is 67.7 Å². The summed E-state index contributed by atoms with van der Waals surface area (Å²) in [5.74, 6) is 0. The van der Waals surface area contributed by atoms with E-state index in [0.717, 1.165) is 17.0 Å². The van der Waals surface area contributed by atoms with Crippen molar-refractivity contribution in [1.29, 1.82) is 0 Å². The Labute approximate surface area is 98.6 Å². The first-order valence-corrected chi connectivity index (χ1v) is 9.06. The largest absolute Gasteiger partial charge is 0.0672 e. The molecule has 0 rings (SSSR count). The van der Waals surface area contributed by atoms with Crippen LogP contribution in [-0.4, -0.2) is 23.1 Å². The Kier molecular flexibility index (Phi) is 7.09. The van der Waals surface area contributed by atoms with E-state index in [-0.39, 0.29) is 0 Å². The molecule has 0 radical (unpaired) electrons. The fourth-order valence-corrected chi connectivity index (χ4v) is 9.77. The molecule has 15 heavy (non-hydrogen) atoms. The zero-order valence-electron chi connectivity index (χ0n) is 12.0. The van der Waals surface area contributed by atoms with Crippen LogP contribution in [0.15, 0.2) is 0 Å². The van der Waals surface area contributed by atoms with Crippen LogP contribution in [0.25, 0.3) is 0 Å². The lowest BCUT2D eigenvalue weighted by Gasteiger charge is -2.41. The standard InChI is InChI=1S/C14H32P/c1-8-12(5)15(11-4,13(6)9-2)14(7)10-3/h12-14H,8-11H2,1-7H3/q+1. The molecule has 3 atom stereocenters. The van der Waals surface area contributed by atoms with Crippen molar-refractivity contribution in [2.45, 2.75) is 84.7 Å². The molecule has 92 valence electrons. The third-order valence-electron chi connectivity index (χ3n) is 4.78. The molecule has 0 aliphatic rings. The topological polar surface area (TPSA) is 0 Å². The smallest absolute Gasteiger partial charge is 0.0617 e. The van der Waals surface area contributed by atoms with E-state index in [1.165, 1.54) is 25.4 Å². The van der Waals surface area contributed by atoms with Gasteiger partial charge in [-0.1, -0.05) is 20.8 Å². The van der Waals surface area contributed by atoms with Crippen molar-refractivity contribution < 1.29 is 0 Å². The molecule has 0 heterocycles. The van der Waals surface area contributed by atoms with Crippen LogP contribution in [-0.2, 0) is 0 Å². The summed E-state index contributed by atoms with van der Waals surface area (Å²) in [6.07, 6.45) is 5.56. The van der Waals surface area contributed by atoms with Crippen LogP contribution in [0.4, 0.5) is 0 Å². The van der Waals surface area contributed by atoms with Crippen molar-refractivity contribution in [3.63, 3.8) is 0 Å².